The fourth-order valence-electron chi connectivity index (χ4n) is 3.86. The molecule has 5 rings (SSSR count). The molecule has 154 valence electrons. The van der Waals surface area contributed by atoms with Crippen molar-refractivity contribution in [1.82, 2.24) is 15.0 Å². The maximum atomic E-state index is 11.0. The lowest BCUT2D eigenvalue weighted by molar-refractivity contribution is 0.0775. The van der Waals surface area contributed by atoms with Gasteiger partial charge < -0.3 is 15.7 Å². The van der Waals surface area contributed by atoms with E-state index in [2.05, 4.69) is 28.1 Å². The lowest BCUT2D eigenvalue weighted by Gasteiger charge is -2.26. The number of thiazole rings is 1. The number of para-hydroxylation sites is 1. The lowest BCUT2D eigenvalue weighted by atomic mass is 10.1. The van der Waals surface area contributed by atoms with Gasteiger partial charge in [-0.1, -0.05) is 18.2 Å². The molecule has 3 heterocycles. The Kier molecular flexibility index (Phi) is 5.14. The molecule has 0 saturated heterocycles. The van der Waals surface area contributed by atoms with E-state index in [9.17, 15) is 5.11 Å². The summed E-state index contributed by atoms with van der Waals surface area (Å²) in [5.41, 5.74) is 1.72. The Morgan fingerprint density at radius 2 is 1.90 bits per heavy atom. The van der Waals surface area contributed by atoms with E-state index in [1.54, 1.807) is 22.7 Å². The molecule has 1 aliphatic carbocycles. The number of aryl methyl sites for hydroxylation is 1. The molecular weight excluding hydrogens is 414 g/mol. The fourth-order valence-corrected chi connectivity index (χ4v) is 5.57. The maximum Gasteiger partial charge on any atom is 0.225 e. The molecule has 3 aromatic heterocycles. The fraction of sp³-hybridized carbons (Fsp3) is 0.318. The molecule has 8 heteroatoms. The number of anilines is 2. The summed E-state index contributed by atoms with van der Waals surface area (Å²) in [4.78, 5) is 15.5. The maximum absolute atomic E-state index is 11.0. The van der Waals surface area contributed by atoms with Crippen molar-refractivity contribution in [2.24, 2.45) is 0 Å². The number of hydrogen-bond acceptors (Lipinski definition) is 8. The molecular formula is C22H23N5OS2. The van der Waals surface area contributed by atoms with E-state index >= 15 is 0 Å². The predicted octanol–water partition coefficient (Wildman–Crippen LogP) is 5.41. The number of thiophene rings is 1. The molecule has 30 heavy (non-hydrogen) atoms. The van der Waals surface area contributed by atoms with Crippen molar-refractivity contribution in [3.63, 3.8) is 0 Å². The van der Waals surface area contributed by atoms with Gasteiger partial charge in [-0.25, -0.2) is 9.97 Å². The Balaban J connectivity index is 1.55. The van der Waals surface area contributed by atoms with Crippen molar-refractivity contribution < 1.29 is 5.11 Å². The number of aliphatic hydroxyl groups is 1. The summed E-state index contributed by atoms with van der Waals surface area (Å²) in [6.45, 7) is 2.64. The summed E-state index contributed by atoms with van der Waals surface area (Å²) in [6.07, 6.45) is 3.45. The zero-order valence-corrected chi connectivity index (χ0v) is 18.3. The molecule has 4 aromatic rings. The van der Waals surface area contributed by atoms with Gasteiger partial charge >= 0.3 is 0 Å². The molecule has 1 aromatic carbocycles. The van der Waals surface area contributed by atoms with Crippen LogP contribution in [0.2, 0.25) is 0 Å². The van der Waals surface area contributed by atoms with E-state index in [1.165, 1.54) is 4.88 Å². The second-order valence-corrected chi connectivity index (χ2v) is 9.70. The Bertz CT molecular complexity index is 1130. The van der Waals surface area contributed by atoms with Gasteiger partial charge in [-0.2, -0.15) is 4.98 Å². The normalized spacial score (nSPS) is 15.5. The summed E-state index contributed by atoms with van der Waals surface area (Å²) in [5, 5.41) is 20.6. The molecule has 1 fully saturated rings. The van der Waals surface area contributed by atoms with E-state index in [0.29, 0.717) is 31.2 Å². The van der Waals surface area contributed by atoms with E-state index in [4.69, 9.17) is 15.0 Å². The van der Waals surface area contributed by atoms with Gasteiger partial charge in [0.15, 0.2) is 0 Å². The van der Waals surface area contributed by atoms with Gasteiger partial charge in [0.1, 0.15) is 16.6 Å². The lowest BCUT2D eigenvalue weighted by Crippen LogP contribution is -2.35. The van der Waals surface area contributed by atoms with Crippen LogP contribution in [0.4, 0.5) is 11.8 Å². The van der Waals surface area contributed by atoms with Gasteiger partial charge in [0, 0.05) is 4.88 Å². The number of nitrogens with zero attached hydrogens (tertiary/aromatic N) is 3. The van der Waals surface area contributed by atoms with Crippen LogP contribution in [0.5, 0.6) is 0 Å². The molecule has 0 amide bonds. The van der Waals surface area contributed by atoms with Crippen molar-refractivity contribution in [1.29, 1.82) is 0 Å². The van der Waals surface area contributed by atoms with E-state index in [1.807, 2.05) is 31.2 Å². The van der Waals surface area contributed by atoms with Gasteiger partial charge in [-0.05, 0) is 56.2 Å². The van der Waals surface area contributed by atoms with Gasteiger partial charge in [0.2, 0.25) is 5.95 Å². The molecule has 0 bridgehead atoms. The highest BCUT2D eigenvalue weighted by Crippen LogP contribution is 2.39. The Hall–Kier alpha value is -2.55. The highest BCUT2D eigenvalue weighted by atomic mass is 32.1. The first-order valence-corrected chi connectivity index (χ1v) is 11.8. The highest BCUT2D eigenvalue weighted by Gasteiger charge is 2.33. The van der Waals surface area contributed by atoms with Gasteiger partial charge in [-0.15, -0.1) is 22.7 Å². The number of hydrogen-bond donors (Lipinski definition) is 3. The smallest absolute Gasteiger partial charge is 0.225 e. The van der Waals surface area contributed by atoms with Crippen LogP contribution in [0.1, 0.15) is 36.3 Å². The van der Waals surface area contributed by atoms with Crippen LogP contribution < -0.4 is 10.6 Å². The number of rotatable bonds is 6. The SMILES string of the molecule is Cc1nc(NCc2cccs2)nc(NC2(O)CCCC2)c1-c1nc2ccccc2s1. The van der Waals surface area contributed by atoms with Crippen LogP contribution in [0.25, 0.3) is 20.8 Å². The van der Waals surface area contributed by atoms with Gasteiger partial charge in [0.05, 0.1) is 28.0 Å². The predicted molar refractivity (Wildman–Crippen MR) is 124 cm³/mol. The van der Waals surface area contributed by atoms with Crippen LogP contribution in [-0.2, 0) is 6.54 Å². The number of fused-ring (bicyclic) bond motifs is 1. The van der Waals surface area contributed by atoms with Crippen molar-refractivity contribution in [2.75, 3.05) is 10.6 Å². The first-order valence-electron chi connectivity index (χ1n) is 10.1. The number of benzene rings is 1. The minimum Gasteiger partial charge on any atom is -0.371 e. The molecule has 6 nitrogen and oxygen atoms in total. The standard InChI is InChI=1S/C22H23N5OS2/c1-14-18(20-25-16-8-2-3-9-17(16)30-20)19(27-22(28)10-4-5-11-22)26-21(24-14)23-13-15-7-6-12-29-15/h2-3,6-9,12,28H,4-5,10-11,13H2,1H3,(H2,23,24,26,27). The van der Waals surface area contributed by atoms with Crippen molar-refractivity contribution in [3.8, 4) is 10.6 Å². The average molecular weight is 438 g/mol. The molecule has 1 aliphatic rings. The molecule has 1 saturated carbocycles. The molecule has 3 N–H and O–H groups in total. The van der Waals surface area contributed by atoms with Crippen LogP contribution in [-0.4, -0.2) is 25.8 Å². The van der Waals surface area contributed by atoms with Crippen molar-refractivity contribution >= 4 is 44.7 Å². The highest BCUT2D eigenvalue weighted by molar-refractivity contribution is 7.21. The third-order valence-electron chi connectivity index (χ3n) is 5.38. The van der Waals surface area contributed by atoms with Crippen molar-refractivity contribution in [2.45, 2.75) is 44.9 Å². The summed E-state index contributed by atoms with van der Waals surface area (Å²) in [6, 6.07) is 12.2. The van der Waals surface area contributed by atoms with Crippen LogP contribution in [0.15, 0.2) is 41.8 Å². The summed E-state index contributed by atoms with van der Waals surface area (Å²) in [7, 11) is 0. The second-order valence-electron chi connectivity index (χ2n) is 7.64. The van der Waals surface area contributed by atoms with E-state index < -0.39 is 5.72 Å². The largest absolute Gasteiger partial charge is 0.371 e. The summed E-state index contributed by atoms with van der Waals surface area (Å²) >= 11 is 3.32. The molecule has 0 aliphatic heterocycles. The first kappa shape index (κ1) is 19.4. The van der Waals surface area contributed by atoms with Gasteiger partial charge in [0.25, 0.3) is 0 Å². The second kappa shape index (κ2) is 7.94. The monoisotopic (exact) mass is 437 g/mol. The zero-order valence-electron chi connectivity index (χ0n) is 16.7. The molecule has 0 spiro atoms. The Labute approximate surface area is 183 Å². The third-order valence-corrected chi connectivity index (χ3v) is 7.31. The van der Waals surface area contributed by atoms with Crippen LogP contribution >= 0.6 is 22.7 Å². The number of nitrogens with one attached hydrogen (secondary N) is 2. The quantitative estimate of drug-likeness (QED) is 0.350. The first-order chi connectivity index (χ1) is 14.6. The van der Waals surface area contributed by atoms with E-state index in [-0.39, 0.29) is 0 Å². The number of aromatic nitrogens is 3. The molecule has 0 atom stereocenters. The topological polar surface area (TPSA) is 83.0 Å². The Morgan fingerprint density at radius 3 is 2.67 bits per heavy atom. The van der Waals surface area contributed by atoms with Crippen molar-refractivity contribution in [3.05, 3.63) is 52.3 Å². The third kappa shape index (κ3) is 3.90. The minimum atomic E-state index is -0.933. The average Bonchev–Trinajstić information content (AvgIpc) is 3.47. The molecule has 0 radical (unpaired) electrons. The minimum absolute atomic E-state index is 0.551. The molecule has 0 unspecified atom stereocenters. The summed E-state index contributed by atoms with van der Waals surface area (Å²) in [5.74, 6) is 1.19. The Morgan fingerprint density at radius 1 is 1.07 bits per heavy atom. The van der Waals surface area contributed by atoms with E-state index in [0.717, 1.165) is 39.3 Å². The van der Waals surface area contributed by atoms with Crippen LogP contribution in [0, 0.1) is 6.92 Å². The summed E-state index contributed by atoms with van der Waals surface area (Å²) < 4.78 is 1.12. The van der Waals surface area contributed by atoms with Gasteiger partial charge in [-0.3, -0.25) is 0 Å². The van der Waals surface area contributed by atoms with Crippen LogP contribution in [0.3, 0.4) is 0 Å². The zero-order chi connectivity index (χ0) is 20.6.